The molecule has 135 valence electrons. The molecule has 0 aromatic rings. The van der Waals surface area contributed by atoms with Gasteiger partial charge in [-0.2, -0.15) is 0 Å². The fraction of sp³-hybridized carbons (Fsp3) is 0.583. The van der Waals surface area contributed by atoms with Crippen molar-refractivity contribution in [2.45, 2.75) is 27.7 Å². The zero-order valence-electron chi connectivity index (χ0n) is 14.4. The Labute approximate surface area is 144 Å². The molecule has 0 fully saturated rings. The van der Waals surface area contributed by atoms with Crippen LogP contribution < -0.4 is 11.0 Å². The maximum absolute atomic E-state index is 9.65. The summed E-state index contributed by atoms with van der Waals surface area (Å²) in [7, 11) is 0.120. The van der Waals surface area contributed by atoms with Crippen LogP contribution >= 0.6 is 7.92 Å². The van der Waals surface area contributed by atoms with E-state index in [9.17, 15) is 9.81 Å². The Bertz CT molecular complexity index is 317. The number of hydrogen-bond donors (Lipinski definition) is 4. The Hall–Kier alpha value is -0.864. The summed E-state index contributed by atoms with van der Waals surface area (Å²) in [4.78, 5) is 19.3. The average Bonchev–Trinajstić information content (AvgIpc) is 2.43. The van der Waals surface area contributed by atoms with Crippen LogP contribution in [0, 0.1) is 17.2 Å². The summed E-state index contributed by atoms with van der Waals surface area (Å²) < 4.78 is 0. The molecule has 10 heteroatoms. The SMILES string of the molecule is CC(N=O)=C(C)NO.CC(N=O)=C(C)NO.C[PH+](C)C.[CH3-].[Co]. The molecule has 4 N–H and O–H groups in total. The van der Waals surface area contributed by atoms with E-state index in [1.807, 2.05) is 0 Å². The molecule has 0 saturated heterocycles. The molecule has 0 aliphatic heterocycles. The predicted octanol–water partition coefficient (Wildman–Crippen LogP) is 3.50. The van der Waals surface area contributed by atoms with E-state index in [0.717, 1.165) is 0 Å². The van der Waals surface area contributed by atoms with Crippen molar-refractivity contribution >= 4 is 7.92 Å². The molecule has 0 heterocycles. The van der Waals surface area contributed by atoms with Gasteiger partial charge in [-0.05, 0) is 46.0 Å². The van der Waals surface area contributed by atoms with Gasteiger partial charge in [0, 0.05) is 36.8 Å². The van der Waals surface area contributed by atoms with Crippen LogP contribution in [-0.4, -0.2) is 30.4 Å². The molecule has 1 radical (unpaired) electrons. The first-order chi connectivity index (χ1) is 9.17. The molecule has 8 nitrogen and oxygen atoms in total. The van der Waals surface area contributed by atoms with Crippen molar-refractivity contribution in [3.05, 3.63) is 40.0 Å². The fourth-order valence-electron chi connectivity index (χ4n) is 0.299. The largest absolute Gasteiger partial charge is 0.358 e. The molecule has 0 amide bonds. The number of hydrogen-bond acceptors (Lipinski definition) is 8. The van der Waals surface area contributed by atoms with Gasteiger partial charge in [-0.3, -0.25) is 21.4 Å². The molecular weight excluding hydrogens is 354 g/mol. The van der Waals surface area contributed by atoms with Crippen molar-refractivity contribution < 1.29 is 27.2 Å². The molecule has 0 aliphatic carbocycles. The van der Waals surface area contributed by atoms with Crippen LogP contribution in [0.1, 0.15) is 27.7 Å². The fourth-order valence-corrected chi connectivity index (χ4v) is 0.299. The Balaban J connectivity index is -0.0000000661. The maximum Gasteiger partial charge on any atom is 0.103 e. The molecule has 0 saturated carbocycles. The van der Waals surface area contributed by atoms with Crippen molar-refractivity contribution in [1.82, 2.24) is 11.0 Å². The first-order valence-corrected chi connectivity index (χ1v) is 8.76. The summed E-state index contributed by atoms with van der Waals surface area (Å²) in [6.45, 7) is 12.9. The number of nitrogens with one attached hydrogen (secondary N) is 2. The Morgan fingerprint density at radius 2 is 1.00 bits per heavy atom. The quantitative estimate of drug-likeness (QED) is 0.255. The first kappa shape index (κ1) is 32.9. The van der Waals surface area contributed by atoms with Gasteiger partial charge in [-0.1, -0.05) is 0 Å². The standard InChI is InChI=1S/2C4H8N2O2.C3H9P.CH3.Co/c2*1-3(5-7)4(2)6-8;1-4(2)3;;/h2*5,7H,1-2H3;1-3H3;1H3;/q;;;-1;/p+1. The third kappa shape index (κ3) is 27.5. The van der Waals surface area contributed by atoms with Gasteiger partial charge in [-0.25, -0.2) is 0 Å². The van der Waals surface area contributed by atoms with Crippen LogP contribution in [0.2, 0.25) is 0 Å². The van der Waals surface area contributed by atoms with Crippen molar-refractivity contribution in [3.8, 4) is 0 Å². The molecule has 0 atom stereocenters. The zero-order valence-corrected chi connectivity index (χ0v) is 16.5. The van der Waals surface area contributed by atoms with E-state index in [1.165, 1.54) is 13.8 Å². The Kier molecular flexibility index (Phi) is 33.5. The van der Waals surface area contributed by atoms with E-state index < -0.39 is 0 Å². The maximum atomic E-state index is 9.65. The van der Waals surface area contributed by atoms with Crippen LogP contribution in [0.25, 0.3) is 0 Å². The van der Waals surface area contributed by atoms with Crippen LogP contribution in [0.5, 0.6) is 0 Å². The molecule has 0 spiro atoms. The van der Waals surface area contributed by atoms with E-state index in [0.29, 0.717) is 11.4 Å². The number of nitrogens with zero attached hydrogens (tertiary/aromatic N) is 2. The molecule has 22 heavy (non-hydrogen) atoms. The summed E-state index contributed by atoms with van der Waals surface area (Å²) >= 11 is 0. The third-order valence-electron chi connectivity index (χ3n) is 1.69. The van der Waals surface area contributed by atoms with E-state index in [-0.39, 0.29) is 43.5 Å². The summed E-state index contributed by atoms with van der Waals surface area (Å²) in [5.74, 6) is 0. The van der Waals surface area contributed by atoms with Gasteiger partial charge in [-0.15, -0.1) is 9.81 Å². The van der Waals surface area contributed by atoms with Gasteiger partial charge < -0.3 is 7.43 Å². The van der Waals surface area contributed by atoms with Gasteiger partial charge in [0.05, 0.1) is 11.4 Å². The van der Waals surface area contributed by atoms with Crippen molar-refractivity contribution in [3.63, 3.8) is 0 Å². The smallest absolute Gasteiger partial charge is 0.103 e. The van der Waals surface area contributed by atoms with Crippen LogP contribution in [0.15, 0.2) is 33.1 Å². The first-order valence-electron chi connectivity index (χ1n) is 5.76. The average molecular weight is 383 g/mol. The normalized spacial score (nSPS) is 10.6. The van der Waals surface area contributed by atoms with E-state index in [2.05, 4.69) is 30.3 Å². The van der Waals surface area contributed by atoms with E-state index >= 15 is 0 Å². The van der Waals surface area contributed by atoms with Gasteiger partial charge in [0.15, 0.2) is 0 Å². The van der Waals surface area contributed by atoms with Crippen molar-refractivity contribution in [1.29, 1.82) is 0 Å². The van der Waals surface area contributed by atoms with Crippen molar-refractivity contribution in [2.24, 2.45) is 10.4 Å². The Morgan fingerprint density at radius 1 is 0.818 bits per heavy atom. The number of nitroso groups, excluding NO2 is 2. The van der Waals surface area contributed by atoms with Crippen LogP contribution in [0.3, 0.4) is 0 Å². The second-order valence-corrected chi connectivity index (χ2v) is 7.33. The van der Waals surface area contributed by atoms with Gasteiger partial charge in [0.2, 0.25) is 0 Å². The molecule has 0 aromatic heterocycles. The summed E-state index contributed by atoms with van der Waals surface area (Å²) in [6, 6.07) is 0. The third-order valence-corrected chi connectivity index (χ3v) is 1.69. The summed E-state index contributed by atoms with van der Waals surface area (Å²) in [5, 5.41) is 21.4. The number of hydroxylamine groups is 2. The minimum atomic E-state index is 0. The van der Waals surface area contributed by atoms with Gasteiger partial charge in [0.1, 0.15) is 11.4 Å². The molecule has 0 rings (SSSR count). The molecule has 0 aliphatic rings. The van der Waals surface area contributed by atoms with Crippen molar-refractivity contribution in [2.75, 3.05) is 20.0 Å². The van der Waals surface area contributed by atoms with Crippen LogP contribution in [-0.2, 0) is 16.8 Å². The Morgan fingerprint density at radius 3 is 1.05 bits per heavy atom. The minimum absolute atomic E-state index is 0. The minimum Gasteiger partial charge on any atom is -0.358 e. The van der Waals surface area contributed by atoms with E-state index in [4.69, 9.17) is 10.4 Å². The second-order valence-electron chi connectivity index (χ2n) is 4.33. The number of allylic oxidation sites excluding steroid dienone is 4. The van der Waals surface area contributed by atoms with E-state index in [1.54, 1.807) is 24.8 Å². The number of rotatable bonds is 4. The molecule has 0 unspecified atom stereocenters. The predicted molar refractivity (Wildman–Crippen MR) is 90.7 cm³/mol. The topological polar surface area (TPSA) is 123 Å². The summed E-state index contributed by atoms with van der Waals surface area (Å²) in [6.07, 6.45) is 0. The molecule has 0 aromatic carbocycles. The second kappa shape index (κ2) is 22.4. The van der Waals surface area contributed by atoms with Gasteiger partial charge in [0.25, 0.3) is 0 Å². The van der Waals surface area contributed by atoms with Crippen LogP contribution in [0.4, 0.5) is 0 Å². The molecule has 0 bridgehead atoms. The summed E-state index contributed by atoms with van der Waals surface area (Å²) in [5.41, 5.74) is 4.87. The monoisotopic (exact) mass is 383 g/mol. The zero-order chi connectivity index (χ0) is 16.7. The van der Waals surface area contributed by atoms with Gasteiger partial charge >= 0.3 is 0 Å². The molecular formula is C12H29CoN4O4P.